The number of benzene rings is 1. The van der Waals surface area contributed by atoms with E-state index in [-0.39, 0.29) is 0 Å². The maximum Gasteiger partial charge on any atom is 0.0239 e. The third-order valence-electron chi connectivity index (χ3n) is 5.03. The van der Waals surface area contributed by atoms with E-state index in [9.17, 15) is 0 Å². The van der Waals surface area contributed by atoms with Crippen LogP contribution in [0.2, 0.25) is 0 Å². The Bertz CT molecular complexity index is 421. The molecule has 1 aromatic rings. The van der Waals surface area contributed by atoms with Crippen molar-refractivity contribution >= 4 is 0 Å². The summed E-state index contributed by atoms with van der Waals surface area (Å²) in [6, 6.07) is 7.39. The van der Waals surface area contributed by atoms with E-state index in [1.807, 2.05) is 0 Å². The van der Waals surface area contributed by atoms with Gasteiger partial charge in [-0.15, -0.1) is 0 Å². The molecule has 2 rings (SSSR count). The molecule has 1 saturated heterocycles. The number of nitrogens with zero attached hydrogens (tertiary/aromatic N) is 1. The van der Waals surface area contributed by atoms with Crippen molar-refractivity contribution in [3.63, 3.8) is 0 Å². The molecular weight excluding hydrogens is 256 g/mol. The molecule has 0 aliphatic carbocycles. The molecule has 0 bridgehead atoms. The van der Waals surface area contributed by atoms with Gasteiger partial charge in [-0.05, 0) is 62.4 Å². The Hall–Kier alpha value is -0.860. The molecule has 0 radical (unpaired) electrons. The fraction of sp³-hybridized carbons (Fsp3) is 0.684. The maximum atomic E-state index is 3.75. The Morgan fingerprint density at radius 2 is 1.90 bits per heavy atom. The van der Waals surface area contributed by atoms with Gasteiger partial charge in [-0.1, -0.05) is 38.5 Å². The Labute approximate surface area is 130 Å². The first kappa shape index (κ1) is 16.5. The molecule has 1 aliphatic rings. The summed E-state index contributed by atoms with van der Waals surface area (Å²) in [5, 5.41) is 3.75. The highest BCUT2D eigenvalue weighted by molar-refractivity contribution is 5.33. The second-order valence-corrected chi connectivity index (χ2v) is 6.62. The zero-order valence-electron chi connectivity index (χ0n) is 14.3. The summed E-state index contributed by atoms with van der Waals surface area (Å²) in [6.45, 7) is 13.8. The predicted molar refractivity (Wildman–Crippen MR) is 91.7 cm³/mol. The van der Waals surface area contributed by atoms with Crippen LogP contribution in [0.25, 0.3) is 0 Å². The van der Waals surface area contributed by atoms with Crippen LogP contribution in [0, 0.1) is 19.8 Å². The van der Waals surface area contributed by atoms with Gasteiger partial charge in [0.2, 0.25) is 0 Å². The molecule has 0 saturated carbocycles. The zero-order chi connectivity index (χ0) is 15.2. The minimum atomic E-state index is 0.726. The second-order valence-electron chi connectivity index (χ2n) is 6.62. The summed E-state index contributed by atoms with van der Waals surface area (Å²) >= 11 is 0. The largest absolute Gasteiger partial charge is 0.314 e. The normalized spacial score (nSPS) is 23.4. The Kier molecular flexibility index (Phi) is 6.25. The van der Waals surface area contributed by atoms with Crippen LogP contribution >= 0.6 is 0 Å². The van der Waals surface area contributed by atoms with Crippen molar-refractivity contribution in [3.05, 3.63) is 34.9 Å². The van der Waals surface area contributed by atoms with Crippen LogP contribution < -0.4 is 5.32 Å². The standard InChI is InChI=1S/C19H32N2/c1-5-11-20-19-10-12-21(13-17(19)6-2)14-18-15(3)8-7-9-16(18)4/h7-9,17,19-20H,5-6,10-14H2,1-4H3. The lowest BCUT2D eigenvalue weighted by molar-refractivity contribution is 0.128. The average Bonchev–Trinajstić information content (AvgIpc) is 2.49. The zero-order valence-corrected chi connectivity index (χ0v) is 14.3. The van der Waals surface area contributed by atoms with Gasteiger partial charge in [-0.2, -0.15) is 0 Å². The van der Waals surface area contributed by atoms with E-state index >= 15 is 0 Å². The van der Waals surface area contributed by atoms with Crippen molar-refractivity contribution in [2.24, 2.45) is 5.92 Å². The van der Waals surface area contributed by atoms with Gasteiger partial charge >= 0.3 is 0 Å². The third-order valence-corrected chi connectivity index (χ3v) is 5.03. The minimum Gasteiger partial charge on any atom is -0.314 e. The second kappa shape index (κ2) is 7.95. The molecule has 0 aromatic heterocycles. The number of hydrogen-bond acceptors (Lipinski definition) is 2. The van der Waals surface area contributed by atoms with Gasteiger partial charge in [-0.3, -0.25) is 4.90 Å². The van der Waals surface area contributed by atoms with E-state index in [2.05, 4.69) is 56.1 Å². The summed E-state index contributed by atoms with van der Waals surface area (Å²) in [4.78, 5) is 2.66. The van der Waals surface area contributed by atoms with Crippen molar-refractivity contribution in [1.82, 2.24) is 10.2 Å². The van der Waals surface area contributed by atoms with E-state index < -0.39 is 0 Å². The summed E-state index contributed by atoms with van der Waals surface area (Å²) in [5.74, 6) is 0.801. The topological polar surface area (TPSA) is 15.3 Å². The smallest absolute Gasteiger partial charge is 0.0239 e. The van der Waals surface area contributed by atoms with Crippen molar-refractivity contribution in [2.45, 2.75) is 59.5 Å². The Morgan fingerprint density at radius 1 is 1.19 bits per heavy atom. The molecule has 2 nitrogen and oxygen atoms in total. The van der Waals surface area contributed by atoms with Crippen molar-refractivity contribution in [3.8, 4) is 0 Å². The van der Waals surface area contributed by atoms with Crippen LogP contribution in [0.15, 0.2) is 18.2 Å². The molecule has 2 atom stereocenters. The third kappa shape index (κ3) is 4.31. The highest BCUT2D eigenvalue weighted by Crippen LogP contribution is 2.24. The molecule has 2 heteroatoms. The van der Waals surface area contributed by atoms with Crippen molar-refractivity contribution < 1.29 is 0 Å². The first-order chi connectivity index (χ1) is 10.2. The number of hydrogen-bond donors (Lipinski definition) is 1. The van der Waals surface area contributed by atoms with Crippen LogP contribution in [-0.2, 0) is 6.54 Å². The number of rotatable bonds is 6. The summed E-state index contributed by atoms with van der Waals surface area (Å²) in [7, 11) is 0. The van der Waals surface area contributed by atoms with Gasteiger partial charge in [0.15, 0.2) is 0 Å². The summed E-state index contributed by atoms with van der Waals surface area (Å²) in [5.41, 5.74) is 4.41. The minimum absolute atomic E-state index is 0.726. The van der Waals surface area contributed by atoms with Crippen LogP contribution in [0.5, 0.6) is 0 Å². The molecule has 0 spiro atoms. The average molecular weight is 288 g/mol. The molecular formula is C19H32N2. The van der Waals surface area contributed by atoms with E-state index in [4.69, 9.17) is 0 Å². The fourth-order valence-corrected chi connectivity index (χ4v) is 3.59. The lowest BCUT2D eigenvalue weighted by atomic mass is 9.89. The Balaban J connectivity index is 1.97. The number of likely N-dealkylation sites (tertiary alicyclic amines) is 1. The van der Waals surface area contributed by atoms with Crippen LogP contribution in [0.1, 0.15) is 49.8 Å². The van der Waals surface area contributed by atoms with Gasteiger partial charge in [0.25, 0.3) is 0 Å². The molecule has 118 valence electrons. The van der Waals surface area contributed by atoms with Gasteiger partial charge in [-0.25, -0.2) is 0 Å². The molecule has 1 aromatic carbocycles. The quantitative estimate of drug-likeness (QED) is 0.854. The van der Waals surface area contributed by atoms with E-state index in [0.29, 0.717) is 0 Å². The monoisotopic (exact) mass is 288 g/mol. The summed E-state index contributed by atoms with van der Waals surface area (Å²) < 4.78 is 0. The van der Waals surface area contributed by atoms with Crippen LogP contribution in [0.3, 0.4) is 0 Å². The molecule has 1 fully saturated rings. The molecule has 2 unspecified atom stereocenters. The first-order valence-corrected chi connectivity index (χ1v) is 8.66. The lowest BCUT2D eigenvalue weighted by Gasteiger charge is -2.39. The molecule has 1 aliphatic heterocycles. The highest BCUT2D eigenvalue weighted by atomic mass is 15.1. The SMILES string of the molecule is CCCNC1CCN(Cc2c(C)cccc2C)CC1CC. The Morgan fingerprint density at radius 3 is 2.52 bits per heavy atom. The fourth-order valence-electron chi connectivity index (χ4n) is 3.59. The number of nitrogens with one attached hydrogen (secondary N) is 1. The molecule has 1 N–H and O–H groups in total. The predicted octanol–water partition coefficient (Wildman–Crippen LogP) is 3.90. The van der Waals surface area contributed by atoms with Crippen LogP contribution in [0.4, 0.5) is 0 Å². The molecule has 0 amide bonds. The first-order valence-electron chi connectivity index (χ1n) is 8.66. The van der Waals surface area contributed by atoms with Gasteiger partial charge in [0.05, 0.1) is 0 Å². The highest BCUT2D eigenvalue weighted by Gasteiger charge is 2.27. The molecule has 1 heterocycles. The lowest BCUT2D eigenvalue weighted by Crippen LogP contribution is -2.49. The van der Waals surface area contributed by atoms with Gasteiger partial charge in [0.1, 0.15) is 0 Å². The van der Waals surface area contributed by atoms with Crippen molar-refractivity contribution in [2.75, 3.05) is 19.6 Å². The summed E-state index contributed by atoms with van der Waals surface area (Å²) in [6.07, 6.45) is 3.81. The van der Waals surface area contributed by atoms with Gasteiger partial charge < -0.3 is 5.32 Å². The number of piperidine rings is 1. The van der Waals surface area contributed by atoms with Crippen LogP contribution in [-0.4, -0.2) is 30.6 Å². The van der Waals surface area contributed by atoms with Gasteiger partial charge in [0, 0.05) is 19.1 Å². The van der Waals surface area contributed by atoms with E-state index in [1.165, 1.54) is 49.0 Å². The number of aryl methyl sites for hydroxylation is 2. The molecule has 21 heavy (non-hydrogen) atoms. The van der Waals surface area contributed by atoms with E-state index in [1.54, 1.807) is 0 Å². The van der Waals surface area contributed by atoms with Crippen molar-refractivity contribution in [1.29, 1.82) is 0 Å². The van der Waals surface area contributed by atoms with E-state index in [0.717, 1.165) is 25.0 Å². The maximum absolute atomic E-state index is 3.75.